The lowest BCUT2D eigenvalue weighted by Gasteiger charge is -2.06. The van der Waals surface area contributed by atoms with Crippen LogP contribution in [0.5, 0.6) is 0 Å². The van der Waals surface area contributed by atoms with Gasteiger partial charge in [-0.1, -0.05) is 78.4 Å². The van der Waals surface area contributed by atoms with Gasteiger partial charge in [0, 0.05) is 24.7 Å². The van der Waals surface area contributed by atoms with E-state index < -0.39 is 0 Å². The highest BCUT2D eigenvalue weighted by Crippen LogP contribution is 2.25. The van der Waals surface area contributed by atoms with Gasteiger partial charge in [-0.15, -0.1) is 0 Å². The van der Waals surface area contributed by atoms with Crippen LogP contribution >= 0.6 is 0 Å². The first kappa shape index (κ1) is 19.6. The zero-order chi connectivity index (χ0) is 20.8. The molecule has 0 fully saturated rings. The fourth-order valence-electron chi connectivity index (χ4n) is 3.39. The number of carbonyl (C=O) groups excluding carboxylic acids is 1. The molecule has 0 aliphatic carbocycles. The number of hydrogen-bond donors (Lipinski definition) is 1. The van der Waals surface area contributed by atoms with Crippen molar-refractivity contribution in [3.8, 4) is 16.9 Å². The summed E-state index contributed by atoms with van der Waals surface area (Å²) in [5, 5.41) is 7.85. The zero-order valence-corrected chi connectivity index (χ0v) is 17.1. The van der Waals surface area contributed by atoms with E-state index in [1.165, 1.54) is 5.56 Å². The largest absolute Gasteiger partial charge is 0.352 e. The van der Waals surface area contributed by atoms with Crippen LogP contribution in [-0.2, 0) is 17.8 Å². The highest BCUT2D eigenvalue weighted by molar-refractivity contribution is 5.76. The Labute approximate surface area is 177 Å². The van der Waals surface area contributed by atoms with Crippen molar-refractivity contribution in [2.45, 2.75) is 26.3 Å². The summed E-state index contributed by atoms with van der Waals surface area (Å²) in [5.74, 6) is 0.0428. The fraction of sp³-hybridized carbons (Fsp3) is 0.154. The molecule has 1 amide bonds. The van der Waals surface area contributed by atoms with Crippen molar-refractivity contribution in [3.63, 3.8) is 0 Å². The van der Waals surface area contributed by atoms with Gasteiger partial charge in [-0.25, -0.2) is 4.68 Å². The van der Waals surface area contributed by atoms with Gasteiger partial charge in [-0.2, -0.15) is 5.10 Å². The number of hydrogen-bond acceptors (Lipinski definition) is 2. The van der Waals surface area contributed by atoms with Crippen molar-refractivity contribution in [1.29, 1.82) is 0 Å². The topological polar surface area (TPSA) is 46.9 Å². The maximum absolute atomic E-state index is 12.4. The van der Waals surface area contributed by atoms with Gasteiger partial charge in [0.05, 0.1) is 11.4 Å². The summed E-state index contributed by atoms with van der Waals surface area (Å²) >= 11 is 0. The minimum atomic E-state index is 0.0428. The average Bonchev–Trinajstić information content (AvgIpc) is 3.22. The molecule has 0 saturated heterocycles. The van der Waals surface area contributed by atoms with Gasteiger partial charge in [-0.3, -0.25) is 4.79 Å². The summed E-state index contributed by atoms with van der Waals surface area (Å²) < 4.78 is 1.90. The van der Waals surface area contributed by atoms with Gasteiger partial charge in [0.15, 0.2) is 0 Å². The van der Waals surface area contributed by atoms with Crippen molar-refractivity contribution in [2.75, 3.05) is 0 Å². The quantitative estimate of drug-likeness (QED) is 0.473. The smallest absolute Gasteiger partial charge is 0.220 e. The number of aryl methyl sites for hydroxylation is 2. The van der Waals surface area contributed by atoms with Crippen molar-refractivity contribution in [3.05, 3.63) is 108 Å². The van der Waals surface area contributed by atoms with Gasteiger partial charge < -0.3 is 5.32 Å². The standard InChI is InChI=1S/C26H25N3O/c1-20-12-14-22(15-13-20)26-23(19-29(28-26)24-10-6-3-7-11-24)16-17-25(30)27-18-21-8-4-2-5-9-21/h2-15,19H,16-18H2,1H3,(H,27,30). The maximum Gasteiger partial charge on any atom is 0.220 e. The molecule has 4 aromatic rings. The average molecular weight is 396 g/mol. The predicted molar refractivity (Wildman–Crippen MR) is 120 cm³/mol. The molecule has 1 aromatic heterocycles. The lowest BCUT2D eigenvalue weighted by Crippen LogP contribution is -2.22. The Morgan fingerprint density at radius 2 is 1.57 bits per heavy atom. The van der Waals surface area contributed by atoms with Crippen LogP contribution in [-0.4, -0.2) is 15.7 Å². The minimum Gasteiger partial charge on any atom is -0.352 e. The Hall–Kier alpha value is -3.66. The normalized spacial score (nSPS) is 10.7. The molecule has 0 radical (unpaired) electrons. The van der Waals surface area contributed by atoms with Gasteiger partial charge in [0.25, 0.3) is 0 Å². The molecule has 0 aliphatic heterocycles. The first-order valence-electron chi connectivity index (χ1n) is 10.2. The van der Waals surface area contributed by atoms with Crippen LogP contribution in [0, 0.1) is 6.92 Å². The highest BCUT2D eigenvalue weighted by atomic mass is 16.1. The molecule has 0 saturated carbocycles. The number of benzene rings is 3. The predicted octanol–water partition coefficient (Wildman–Crippen LogP) is 5.10. The summed E-state index contributed by atoms with van der Waals surface area (Å²) in [5.41, 5.74) is 6.37. The van der Waals surface area contributed by atoms with E-state index in [4.69, 9.17) is 5.10 Å². The Morgan fingerprint density at radius 3 is 2.27 bits per heavy atom. The molecule has 1 heterocycles. The van der Waals surface area contributed by atoms with E-state index in [0.717, 1.165) is 28.1 Å². The second kappa shape index (κ2) is 9.23. The first-order valence-corrected chi connectivity index (χ1v) is 10.2. The molecular formula is C26H25N3O. The number of para-hydroxylation sites is 1. The van der Waals surface area contributed by atoms with E-state index in [1.54, 1.807) is 0 Å². The van der Waals surface area contributed by atoms with Crippen molar-refractivity contribution < 1.29 is 4.79 Å². The second-order valence-electron chi connectivity index (χ2n) is 7.41. The Balaban J connectivity index is 1.51. The van der Waals surface area contributed by atoms with Crippen molar-refractivity contribution in [2.24, 2.45) is 0 Å². The third kappa shape index (κ3) is 4.84. The van der Waals surface area contributed by atoms with Crippen LogP contribution < -0.4 is 5.32 Å². The monoisotopic (exact) mass is 395 g/mol. The SMILES string of the molecule is Cc1ccc(-c2nn(-c3ccccc3)cc2CCC(=O)NCc2ccccc2)cc1. The molecule has 3 aromatic carbocycles. The van der Waals surface area contributed by atoms with Crippen molar-refractivity contribution in [1.82, 2.24) is 15.1 Å². The fourth-order valence-corrected chi connectivity index (χ4v) is 3.39. The molecule has 0 bridgehead atoms. The molecule has 0 spiro atoms. The van der Waals surface area contributed by atoms with Crippen LogP contribution in [0.15, 0.2) is 91.1 Å². The second-order valence-corrected chi connectivity index (χ2v) is 7.41. The number of rotatable bonds is 7. The van der Waals surface area contributed by atoms with E-state index in [0.29, 0.717) is 19.4 Å². The van der Waals surface area contributed by atoms with Crippen LogP contribution in [0.2, 0.25) is 0 Å². The van der Waals surface area contributed by atoms with Crippen LogP contribution in [0.25, 0.3) is 16.9 Å². The molecule has 0 atom stereocenters. The lowest BCUT2D eigenvalue weighted by molar-refractivity contribution is -0.121. The zero-order valence-electron chi connectivity index (χ0n) is 17.1. The van der Waals surface area contributed by atoms with E-state index in [1.807, 2.05) is 71.5 Å². The lowest BCUT2D eigenvalue weighted by atomic mass is 10.0. The number of nitrogens with one attached hydrogen (secondary N) is 1. The first-order chi connectivity index (χ1) is 14.7. The highest BCUT2D eigenvalue weighted by Gasteiger charge is 2.14. The van der Waals surface area contributed by atoms with Gasteiger partial charge >= 0.3 is 0 Å². The third-order valence-electron chi connectivity index (χ3n) is 5.09. The summed E-state index contributed by atoms with van der Waals surface area (Å²) in [6.45, 7) is 2.62. The van der Waals surface area contributed by atoms with E-state index in [-0.39, 0.29) is 5.91 Å². The molecule has 4 nitrogen and oxygen atoms in total. The number of nitrogens with zero attached hydrogens (tertiary/aromatic N) is 2. The molecule has 0 aliphatic rings. The molecule has 30 heavy (non-hydrogen) atoms. The Kier molecular flexibility index (Phi) is 6.04. The number of amides is 1. The van der Waals surface area contributed by atoms with Crippen LogP contribution in [0.4, 0.5) is 0 Å². The van der Waals surface area contributed by atoms with E-state index in [9.17, 15) is 4.79 Å². The molecular weight excluding hydrogens is 370 g/mol. The molecule has 1 N–H and O–H groups in total. The number of carbonyl (C=O) groups is 1. The van der Waals surface area contributed by atoms with Crippen molar-refractivity contribution >= 4 is 5.91 Å². The molecule has 150 valence electrons. The molecule has 4 heteroatoms. The summed E-state index contributed by atoms with van der Waals surface area (Å²) in [4.78, 5) is 12.4. The summed E-state index contributed by atoms with van der Waals surface area (Å²) in [6, 6.07) is 28.4. The Morgan fingerprint density at radius 1 is 0.900 bits per heavy atom. The molecule has 0 unspecified atom stereocenters. The maximum atomic E-state index is 12.4. The van der Waals surface area contributed by atoms with Gasteiger partial charge in [0.2, 0.25) is 5.91 Å². The van der Waals surface area contributed by atoms with Crippen LogP contribution in [0.1, 0.15) is 23.1 Å². The Bertz CT molecular complexity index is 1100. The van der Waals surface area contributed by atoms with Gasteiger partial charge in [-0.05, 0) is 36.6 Å². The van der Waals surface area contributed by atoms with Gasteiger partial charge in [0.1, 0.15) is 0 Å². The third-order valence-corrected chi connectivity index (χ3v) is 5.09. The van der Waals surface area contributed by atoms with E-state index >= 15 is 0 Å². The summed E-state index contributed by atoms with van der Waals surface area (Å²) in [6.07, 6.45) is 3.10. The molecule has 4 rings (SSSR count). The number of aromatic nitrogens is 2. The minimum absolute atomic E-state index is 0.0428. The summed E-state index contributed by atoms with van der Waals surface area (Å²) in [7, 11) is 0. The van der Waals surface area contributed by atoms with Crippen LogP contribution in [0.3, 0.4) is 0 Å². The van der Waals surface area contributed by atoms with E-state index in [2.05, 4.69) is 36.5 Å².